The van der Waals surface area contributed by atoms with E-state index < -0.39 is 40.2 Å². The summed E-state index contributed by atoms with van der Waals surface area (Å²) in [5, 5.41) is 29.7. The van der Waals surface area contributed by atoms with E-state index in [0.717, 1.165) is 12.1 Å². The number of carbonyl (C=O) groups excluding carboxylic acids is 1. The zero-order valence-electron chi connectivity index (χ0n) is 13.4. The third-order valence-corrected chi connectivity index (χ3v) is 3.23. The van der Waals surface area contributed by atoms with Gasteiger partial charge in [-0.05, 0) is 38.5 Å². The maximum absolute atomic E-state index is 13.6. The first kappa shape index (κ1) is 19.0. The van der Waals surface area contributed by atoms with Crippen molar-refractivity contribution >= 4 is 5.97 Å². The van der Waals surface area contributed by atoms with Crippen LogP contribution >= 0.6 is 0 Å². The molecule has 0 bridgehead atoms. The van der Waals surface area contributed by atoms with Crippen molar-refractivity contribution in [3.8, 4) is 12.1 Å². The van der Waals surface area contributed by atoms with Gasteiger partial charge in [-0.1, -0.05) is 12.1 Å². The van der Waals surface area contributed by atoms with E-state index in [9.17, 15) is 29.8 Å². The van der Waals surface area contributed by atoms with Crippen molar-refractivity contribution in [1.82, 2.24) is 0 Å². The van der Waals surface area contributed by atoms with Crippen LogP contribution in [0, 0.1) is 44.5 Å². The number of rotatable bonds is 5. The summed E-state index contributed by atoms with van der Waals surface area (Å²) in [6.45, 7) is 3.56. The Kier molecular flexibility index (Phi) is 5.60. The molecule has 0 fully saturated rings. The molecule has 0 saturated heterocycles. The molecule has 0 aliphatic carbocycles. The van der Waals surface area contributed by atoms with Crippen molar-refractivity contribution in [2.24, 2.45) is 5.92 Å². The van der Waals surface area contributed by atoms with Crippen molar-refractivity contribution in [2.75, 3.05) is 6.54 Å². The van der Waals surface area contributed by atoms with Crippen LogP contribution in [0.25, 0.3) is 0 Å². The lowest BCUT2D eigenvalue weighted by atomic mass is 9.71. The highest BCUT2D eigenvalue weighted by atomic mass is 19.1. The van der Waals surface area contributed by atoms with Crippen molar-refractivity contribution in [1.29, 1.82) is 10.5 Å². The number of hydrogen-bond donors (Lipinski definition) is 0. The first-order valence-electron chi connectivity index (χ1n) is 6.97. The van der Waals surface area contributed by atoms with Crippen LogP contribution in [0.2, 0.25) is 0 Å². The van der Waals surface area contributed by atoms with Crippen LogP contribution in [-0.4, -0.2) is 23.0 Å². The summed E-state index contributed by atoms with van der Waals surface area (Å²) >= 11 is 0. The van der Waals surface area contributed by atoms with E-state index in [1.54, 1.807) is 32.9 Å². The highest BCUT2D eigenvalue weighted by Gasteiger charge is 2.55. The minimum Gasteiger partial charge on any atom is -0.459 e. The molecule has 0 spiro atoms. The molecule has 0 unspecified atom stereocenters. The lowest BCUT2D eigenvalue weighted by molar-refractivity contribution is -0.489. The third-order valence-electron chi connectivity index (χ3n) is 3.23. The topological polar surface area (TPSA) is 117 Å². The van der Waals surface area contributed by atoms with Gasteiger partial charge in [-0.25, -0.2) is 4.39 Å². The fourth-order valence-corrected chi connectivity index (χ4v) is 2.24. The van der Waals surface area contributed by atoms with Crippen molar-refractivity contribution in [3.63, 3.8) is 0 Å². The molecule has 7 nitrogen and oxygen atoms in total. The molecule has 1 aromatic carbocycles. The fraction of sp³-hybridized carbons (Fsp3) is 0.438. The molecular weight excluding hydrogens is 317 g/mol. The van der Waals surface area contributed by atoms with Gasteiger partial charge in [0.15, 0.2) is 11.3 Å². The molecular formula is C16H16FN3O4. The number of nitriles is 2. The summed E-state index contributed by atoms with van der Waals surface area (Å²) in [4.78, 5) is 23.1. The summed E-state index contributed by atoms with van der Waals surface area (Å²) < 4.78 is 18.8. The predicted octanol–water partition coefficient (Wildman–Crippen LogP) is 2.35. The molecule has 1 rings (SSSR count). The average molecular weight is 333 g/mol. The zero-order chi connectivity index (χ0) is 18.5. The Morgan fingerprint density at radius 3 is 2.38 bits per heavy atom. The third kappa shape index (κ3) is 4.05. The molecule has 0 heterocycles. The Labute approximate surface area is 138 Å². The zero-order valence-corrected chi connectivity index (χ0v) is 13.4. The smallest absolute Gasteiger partial charge is 0.326 e. The van der Waals surface area contributed by atoms with Gasteiger partial charge in [0.25, 0.3) is 0 Å². The number of halogens is 1. The summed E-state index contributed by atoms with van der Waals surface area (Å²) in [5.41, 5.74) is -3.40. The Hall–Kier alpha value is -3.00. The minimum absolute atomic E-state index is 0.151. The second kappa shape index (κ2) is 7.05. The number of ether oxygens (including phenoxy) is 1. The Morgan fingerprint density at radius 1 is 1.38 bits per heavy atom. The molecule has 0 N–H and O–H groups in total. The van der Waals surface area contributed by atoms with Gasteiger partial charge in [0, 0.05) is 4.92 Å². The molecule has 0 amide bonds. The molecule has 0 aliphatic heterocycles. The number of carbonyl (C=O) groups is 1. The maximum atomic E-state index is 13.6. The van der Waals surface area contributed by atoms with Gasteiger partial charge in [0.2, 0.25) is 6.54 Å². The second-order valence-corrected chi connectivity index (χ2v) is 6.17. The molecule has 1 atom stereocenters. The standard InChI is InChI=1S/C16H16FN3O4/c1-15(2,3)24-14(21)16(10-20(22)23,12(8-18)9-19)11-5-4-6-13(17)7-11/h4-7,12H,10H2,1-3H3/t16-/m1/s1. The molecule has 1 aromatic rings. The molecule has 0 aromatic heterocycles. The average Bonchev–Trinajstić information content (AvgIpc) is 2.44. The van der Waals surface area contributed by atoms with Gasteiger partial charge >= 0.3 is 5.97 Å². The normalized spacial score (nSPS) is 13.5. The van der Waals surface area contributed by atoms with Crippen LogP contribution in [0.1, 0.15) is 26.3 Å². The largest absolute Gasteiger partial charge is 0.459 e. The van der Waals surface area contributed by atoms with E-state index >= 15 is 0 Å². The second-order valence-electron chi connectivity index (χ2n) is 6.17. The first-order valence-corrected chi connectivity index (χ1v) is 6.97. The Bertz CT molecular complexity index is 716. The summed E-state index contributed by atoms with van der Waals surface area (Å²) in [6.07, 6.45) is 0. The number of benzene rings is 1. The van der Waals surface area contributed by atoms with E-state index in [-0.39, 0.29) is 5.56 Å². The van der Waals surface area contributed by atoms with Crippen LogP contribution in [-0.2, 0) is 14.9 Å². The van der Waals surface area contributed by atoms with Gasteiger partial charge in [0.1, 0.15) is 11.4 Å². The number of nitrogens with zero attached hydrogens (tertiary/aromatic N) is 3. The highest BCUT2D eigenvalue weighted by molar-refractivity contribution is 5.85. The summed E-state index contributed by atoms with van der Waals surface area (Å²) in [5.74, 6) is -3.59. The molecule has 126 valence electrons. The monoisotopic (exact) mass is 333 g/mol. The lowest BCUT2D eigenvalue weighted by Crippen LogP contribution is -2.50. The van der Waals surface area contributed by atoms with E-state index in [1.807, 2.05) is 0 Å². The van der Waals surface area contributed by atoms with Gasteiger partial charge < -0.3 is 4.74 Å². The van der Waals surface area contributed by atoms with Crippen LogP contribution < -0.4 is 0 Å². The van der Waals surface area contributed by atoms with Crippen LogP contribution in [0.15, 0.2) is 24.3 Å². The molecule has 8 heteroatoms. The van der Waals surface area contributed by atoms with Crippen LogP contribution in [0.5, 0.6) is 0 Å². The number of esters is 1. The highest BCUT2D eigenvalue weighted by Crippen LogP contribution is 2.36. The molecule has 0 saturated carbocycles. The number of hydrogen-bond acceptors (Lipinski definition) is 6. The van der Waals surface area contributed by atoms with Crippen LogP contribution in [0.3, 0.4) is 0 Å². The van der Waals surface area contributed by atoms with Gasteiger partial charge in [-0.3, -0.25) is 14.9 Å². The fourth-order valence-electron chi connectivity index (χ4n) is 2.24. The van der Waals surface area contributed by atoms with Crippen molar-refractivity contribution in [2.45, 2.75) is 31.8 Å². The first-order chi connectivity index (χ1) is 11.1. The van der Waals surface area contributed by atoms with E-state index in [1.165, 1.54) is 12.1 Å². The lowest BCUT2D eigenvalue weighted by Gasteiger charge is -2.32. The van der Waals surface area contributed by atoms with Crippen molar-refractivity contribution in [3.05, 3.63) is 45.8 Å². The Morgan fingerprint density at radius 2 is 1.96 bits per heavy atom. The summed E-state index contributed by atoms with van der Waals surface area (Å²) in [6, 6.07) is 7.68. The van der Waals surface area contributed by atoms with Crippen LogP contribution in [0.4, 0.5) is 4.39 Å². The molecule has 24 heavy (non-hydrogen) atoms. The maximum Gasteiger partial charge on any atom is 0.326 e. The Balaban J connectivity index is 3.69. The van der Waals surface area contributed by atoms with Gasteiger partial charge in [-0.15, -0.1) is 0 Å². The molecule has 0 radical (unpaired) electrons. The van der Waals surface area contributed by atoms with Gasteiger partial charge in [0.05, 0.1) is 12.1 Å². The summed E-state index contributed by atoms with van der Waals surface area (Å²) in [7, 11) is 0. The van der Waals surface area contributed by atoms with E-state index in [4.69, 9.17) is 4.74 Å². The number of nitro groups is 1. The van der Waals surface area contributed by atoms with E-state index in [2.05, 4.69) is 0 Å². The molecule has 0 aliphatic rings. The predicted molar refractivity (Wildman–Crippen MR) is 80.5 cm³/mol. The van der Waals surface area contributed by atoms with Gasteiger partial charge in [-0.2, -0.15) is 10.5 Å². The minimum atomic E-state index is -2.23. The quantitative estimate of drug-likeness (QED) is 0.464. The van der Waals surface area contributed by atoms with E-state index in [0.29, 0.717) is 0 Å². The SMILES string of the molecule is CC(C)(C)OC(=O)[C@](C[N+](=O)[O-])(c1cccc(F)c1)C(C#N)C#N. The van der Waals surface area contributed by atoms with Crippen molar-refractivity contribution < 1.29 is 18.8 Å².